The Labute approximate surface area is 184 Å². The summed E-state index contributed by atoms with van der Waals surface area (Å²) in [6, 6.07) is 17.5. The Bertz CT molecular complexity index is 894. The fourth-order valence-corrected chi connectivity index (χ4v) is 3.39. The molecule has 2 aromatic carbocycles. The van der Waals surface area contributed by atoms with Crippen molar-refractivity contribution in [2.75, 3.05) is 18.6 Å². The van der Waals surface area contributed by atoms with E-state index in [1.807, 2.05) is 55.5 Å². The van der Waals surface area contributed by atoms with Crippen molar-refractivity contribution >= 4 is 24.2 Å². The van der Waals surface area contributed by atoms with Crippen LogP contribution in [0.5, 0.6) is 0 Å². The third-order valence-electron chi connectivity index (χ3n) is 5.41. The van der Waals surface area contributed by atoms with Crippen molar-refractivity contribution in [2.45, 2.75) is 44.6 Å². The number of para-hydroxylation sites is 1. The fourth-order valence-electron chi connectivity index (χ4n) is 3.04. The molecule has 1 fully saturated rings. The van der Waals surface area contributed by atoms with Gasteiger partial charge in [0.2, 0.25) is 5.76 Å². The van der Waals surface area contributed by atoms with Crippen LogP contribution in [0.25, 0.3) is 0 Å². The van der Waals surface area contributed by atoms with E-state index in [9.17, 15) is 4.79 Å². The lowest BCUT2D eigenvalue weighted by Gasteiger charge is -2.20. The summed E-state index contributed by atoms with van der Waals surface area (Å²) in [5, 5.41) is 9.62. The highest BCUT2D eigenvalue weighted by molar-refractivity contribution is 7.80. The zero-order chi connectivity index (χ0) is 21.6. The predicted octanol–water partition coefficient (Wildman–Crippen LogP) is 4.86. The van der Waals surface area contributed by atoms with E-state index >= 15 is 0 Å². The molecule has 1 atom stereocenters. The molecule has 0 spiro atoms. The largest absolute Gasteiger partial charge is 0.486 e. The fraction of sp³-hybridized carbons (Fsp3) is 0.375. The van der Waals surface area contributed by atoms with E-state index in [1.54, 1.807) is 0 Å². The highest BCUT2D eigenvalue weighted by Gasteiger charge is 2.38. The molecule has 0 aliphatic heterocycles. The molecule has 5 nitrogen and oxygen atoms in total. The van der Waals surface area contributed by atoms with E-state index in [1.165, 1.54) is 0 Å². The molecular weight excluding hydrogens is 394 g/mol. The summed E-state index contributed by atoms with van der Waals surface area (Å²) < 4.78 is 5.99. The molecule has 3 rings (SSSR count). The van der Waals surface area contributed by atoms with Gasteiger partial charge in [0.25, 0.3) is 5.91 Å². The van der Waals surface area contributed by atoms with Crippen LogP contribution < -0.4 is 16.0 Å². The molecule has 0 heterocycles. The minimum atomic E-state index is -0.246. The van der Waals surface area contributed by atoms with Gasteiger partial charge in [-0.05, 0) is 50.5 Å². The van der Waals surface area contributed by atoms with Gasteiger partial charge in [0.15, 0.2) is 0 Å². The molecule has 0 saturated heterocycles. The first-order valence-corrected chi connectivity index (χ1v) is 10.8. The van der Waals surface area contributed by atoms with Crippen molar-refractivity contribution in [3.63, 3.8) is 0 Å². The number of thiol groups is 1. The zero-order valence-electron chi connectivity index (χ0n) is 17.9. The summed E-state index contributed by atoms with van der Waals surface area (Å²) in [5.74, 6) is 0.0835. The molecule has 6 heteroatoms. The SMILES string of the molecule is C/C(NCNC(C)c1ccccc1S)=C(/OCC1(C)CC1)C(=O)Nc1ccccc1. The van der Waals surface area contributed by atoms with Gasteiger partial charge in [-0.3, -0.25) is 10.1 Å². The third kappa shape index (κ3) is 6.28. The van der Waals surface area contributed by atoms with Crippen molar-refractivity contribution in [1.82, 2.24) is 10.6 Å². The Morgan fingerprint density at radius 3 is 2.47 bits per heavy atom. The number of anilines is 1. The molecule has 2 aromatic rings. The van der Waals surface area contributed by atoms with E-state index in [2.05, 4.69) is 48.5 Å². The van der Waals surface area contributed by atoms with Crippen LogP contribution in [0.1, 0.15) is 45.2 Å². The van der Waals surface area contributed by atoms with Gasteiger partial charge >= 0.3 is 0 Å². The lowest BCUT2D eigenvalue weighted by atomic mass is 10.1. The highest BCUT2D eigenvalue weighted by Crippen LogP contribution is 2.45. The highest BCUT2D eigenvalue weighted by atomic mass is 32.1. The number of allylic oxidation sites excluding steroid dienone is 1. The summed E-state index contributed by atoms with van der Waals surface area (Å²) in [6.07, 6.45) is 2.27. The summed E-state index contributed by atoms with van der Waals surface area (Å²) in [7, 11) is 0. The van der Waals surface area contributed by atoms with Crippen molar-refractivity contribution < 1.29 is 9.53 Å². The molecular formula is C24H31N3O2S. The lowest BCUT2D eigenvalue weighted by Crippen LogP contribution is -2.32. The van der Waals surface area contributed by atoms with Gasteiger partial charge < -0.3 is 15.4 Å². The van der Waals surface area contributed by atoms with Crippen molar-refractivity contribution in [3.05, 3.63) is 71.6 Å². The Kier molecular flexibility index (Phi) is 7.45. The Balaban J connectivity index is 1.63. The van der Waals surface area contributed by atoms with Crippen LogP contribution in [0.2, 0.25) is 0 Å². The van der Waals surface area contributed by atoms with Crippen LogP contribution in [0.4, 0.5) is 5.69 Å². The van der Waals surface area contributed by atoms with Gasteiger partial charge in [0.05, 0.1) is 19.0 Å². The lowest BCUT2D eigenvalue weighted by molar-refractivity contribution is -0.116. The molecule has 3 N–H and O–H groups in total. The van der Waals surface area contributed by atoms with Crippen molar-refractivity contribution in [3.8, 4) is 0 Å². The Hall–Kier alpha value is -2.44. The number of hydrogen-bond acceptors (Lipinski definition) is 5. The average molecular weight is 426 g/mol. The minimum Gasteiger partial charge on any atom is -0.486 e. The summed E-state index contributed by atoms with van der Waals surface area (Å²) in [6.45, 7) is 7.18. The smallest absolute Gasteiger partial charge is 0.292 e. The molecule has 0 bridgehead atoms. The van der Waals surface area contributed by atoms with Gasteiger partial charge in [-0.1, -0.05) is 43.3 Å². The maximum absolute atomic E-state index is 12.9. The quantitative estimate of drug-likeness (QED) is 0.190. The number of carbonyl (C=O) groups is 1. The standard InChI is InChI=1S/C24H31N3O2S/c1-17(20-11-7-8-12-21(20)30)25-16-26-18(2)22(29-15-24(3)13-14-24)23(28)27-19-9-5-4-6-10-19/h4-12,17,25-26,30H,13-16H2,1-3H3,(H,27,28)/b22-18-. The number of carbonyl (C=O) groups excluding carboxylic acids is 1. The molecule has 0 radical (unpaired) electrons. The van der Waals surface area contributed by atoms with Gasteiger partial charge in [-0.25, -0.2) is 0 Å². The molecule has 1 aliphatic carbocycles. The van der Waals surface area contributed by atoms with E-state index < -0.39 is 0 Å². The van der Waals surface area contributed by atoms with E-state index in [4.69, 9.17) is 4.74 Å². The van der Waals surface area contributed by atoms with Crippen LogP contribution in [0, 0.1) is 5.41 Å². The topological polar surface area (TPSA) is 62.4 Å². The number of amides is 1. The van der Waals surface area contributed by atoms with Crippen LogP contribution in [0.15, 0.2) is 70.9 Å². The number of nitrogens with one attached hydrogen (secondary N) is 3. The van der Waals surface area contributed by atoms with E-state index in [-0.39, 0.29) is 17.4 Å². The summed E-state index contributed by atoms with van der Waals surface area (Å²) in [5.41, 5.74) is 2.75. The van der Waals surface area contributed by atoms with E-state index in [0.29, 0.717) is 24.7 Å². The van der Waals surface area contributed by atoms with Crippen LogP contribution in [-0.4, -0.2) is 19.2 Å². The second-order valence-electron chi connectivity index (χ2n) is 8.21. The normalized spacial score (nSPS) is 16.3. The second kappa shape index (κ2) is 10.0. The first kappa shape index (κ1) is 22.2. The van der Waals surface area contributed by atoms with Gasteiger partial charge in [-0.15, -0.1) is 12.6 Å². The Morgan fingerprint density at radius 2 is 1.80 bits per heavy atom. The predicted molar refractivity (Wildman–Crippen MR) is 124 cm³/mol. The second-order valence-corrected chi connectivity index (χ2v) is 8.69. The first-order valence-electron chi connectivity index (χ1n) is 10.3. The maximum atomic E-state index is 12.9. The number of ether oxygens (including phenoxy) is 1. The first-order chi connectivity index (χ1) is 14.4. The Morgan fingerprint density at radius 1 is 1.13 bits per heavy atom. The third-order valence-corrected chi connectivity index (χ3v) is 5.82. The van der Waals surface area contributed by atoms with Crippen LogP contribution in [0.3, 0.4) is 0 Å². The van der Waals surface area contributed by atoms with Gasteiger partial charge in [-0.2, -0.15) is 0 Å². The van der Waals surface area contributed by atoms with Gasteiger partial charge in [0.1, 0.15) is 0 Å². The number of rotatable bonds is 10. The monoisotopic (exact) mass is 425 g/mol. The van der Waals surface area contributed by atoms with Crippen molar-refractivity contribution in [2.24, 2.45) is 5.41 Å². The van der Waals surface area contributed by atoms with Crippen LogP contribution >= 0.6 is 12.6 Å². The molecule has 30 heavy (non-hydrogen) atoms. The number of hydrogen-bond donors (Lipinski definition) is 4. The maximum Gasteiger partial charge on any atom is 0.292 e. The summed E-state index contributed by atoms with van der Waals surface area (Å²) in [4.78, 5) is 13.8. The summed E-state index contributed by atoms with van der Waals surface area (Å²) >= 11 is 4.52. The zero-order valence-corrected chi connectivity index (χ0v) is 18.8. The molecule has 0 aromatic heterocycles. The molecule has 1 unspecified atom stereocenters. The molecule has 160 valence electrons. The number of benzene rings is 2. The molecule has 1 saturated carbocycles. The van der Waals surface area contributed by atoms with Crippen LogP contribution in [-0.2, 0) is 9.53 Å². The molecule has 1 aliphatic rings. The van der Waals surface area contributed by atoms with Gasteiger partial charge in [0, 0.05) is 22.0 Å². The van der Waals surface area contributed by atoms with E-state index in [0.717, 1.165) is 29.0 Å². The molecule has 1 amide bonds. The minimum absolute atomic E-state index is 0.117. The van der Waals surface area contributed by atoms with Crippen molar-refractivity contribution in [1.29, 1.82) is 0 Å². The average Bonchev–Trinajstić information content (AvgIpc) is 3.46.